The van der Waals surface area contributed by atoms with Crippen LogP contribution in [0.3, 0.4) is 0 Å². The summed E-state index contributed by atoms with van der Waals surface area (Å²) in [6, 6.07) is 14.3. The van der Waals surface area contributed by atoms with E-state index in [9.17, 15) is 14.0 Å². The number of rotatable bonds is 5. The summed E-state index contributed by atoms with van der Waals surface area (Å²) in [7, 11) is 1.55. The molecule has 144 valence electrons. The first-order valence-electron chi connectivity index (χ1n) is 8.49. The minimum atomic E-state index is -0.476. The first kappa shape index (κ1) is 20.1. The van der Waals surface area contributed by atoms with Crippen molar-refractivity contribution in [3.8, 4) is 0 Å². The lowest BCUT2D eigenvalue weighted by Gasteiger charge is -2.19. The SMILES string of the molecule is CN(Cc1c(F)cccc1Cl)C(=O)c1ccc(=O)n(Cc2ccccc2Cl)c1. The minimum absolute atomic E-state index is 0.00792. The fraction of sp³-hybridized carbons (Fsp3) is 0.143. The van der Waals surface area contributed by atoms with Crippen molar-refractivity contribution in [1.29, 1.82) is 0 Å². The monoisotopic (exact) mass is 418 g/mol. The summed E-state index contributed by atoms with van der Waals surface area (Å²) in [6.45, 7) is 0.246. The van der Waals surface area contributed by atoms with E-state index in [2.05, 4.69) is 0 Å². The second-order valence-corrected chi connectivity index (χ2v) is 7.15. The van der Waals surface area contributed by atoms with Crippen LogP contribution in [-0.2, 0) is 13.1 Å². The van der Waals surface area contributed by atoms with Gasteiger partial charge in [-0.15, -0.1) is 0 Å². The maximum atomic E-state index is 14.0. The number of pyridine rings is 1. The van der Waals surface area contributed by atoms with Gasteiger partial charge in [0.15, 0.2) is 0 Å². The number of carbonyl (C=O) groups excluding carboxylic acids is 1. The van der Waals surface area contributed by atoms with E-state index in [1.165, 1.54) is 39.9 Å². The Morgan fingerprint density at radius 3 is 2.46 bits per heavy atom. The van der Waals surface area contributed by atoms with E-state index in [-0.39, 0.29) is 35.1 Å². The molecule has 0 fully saturated rings. The molecule has 28 heavy (non-hydrogen) atoms. The smallest absolute Gasteiger partial charge is 0.255 e. The standard InChI is InChI=1S/C21H17Cl2FN2O2/c1-25(13-16-18(23)7-4-8-19(16)24)21(28)15-9-10-20(27)26(12-15)11-14-5-2-3-6-17(14)22/h2-10,12H,11,13H2,1H3. The maximum Gasteiger partial charge on any atom is 0.255 e. The number of halogens is 3. The molecule has 0 aliphatic carbocycles. The van der Waals surface area contributed by atoms with Crippen LogP contribution in [0.5, 0.6) is 0 Å². The first-order valence-corrected chi connectivity index (χ1v) is 9.24. The third kappa shape index (κ3) is 4.43. The molecule has 0 aliphatic heterocycles. The van der Waals surface area contributed by atoms with E-state index in [1.54, 1.807) is 25.2 Å². The number of aromatic nitrogens is 1. The zero-order valence-electron chi connectivity index (χ0n) is 15.0. The van der Waals surface area contributed by atoms with Crippen LogP contribution < -0.4 is 5.56 Å². The van der Waals surface area contributed by atoms with Crippen LogP contribution in [0.2, 0.25) is 10.0 Å². The second-order valence-electron chi connectivity index (χ2n) is 6.34. The summed E-state index contributed by atoms with van der Waals surface area (Å²) in [5, 5.41) is 0.792. The van der Waals surface area contributed by atoms with Gasteiger partial charge in [-0.25, -0.2) is 4.39 Å². The molecule has 0 unspecified atom stereocenters. The molecule has 0 atom stereocenters. The van der Waals surface area contributed by atoms with Crippen molar-refractivity contribution in [2.75, 3.05) is 7.05 Å². The molecule has 0 aliphatic rings. The highest BCUT2D eigenvalue weighted by atomic mass is 35.5. The average Bonchev–Trinajstić information content (AvgIpc) is 2.67. The summed E-state index contributed by atoms with van der Waals surface area (Å²) in [5.74, 6) is -0.830. The van der Waals surface area contributed by atoms with Gasteiger partial charge in [0.25, 0.3) is 11.5 Å². The zero-order valence-corrected chi connectivity index (χ0v) is 16.5. The van der Waals surface area contributed by atoms with Gasteiger partial charge in [-0.3, -0.25) is 9.59 Å². The molecule has 3 rings (SSSR count). The van der Waals surface area contributed by atoms with Gasteiger partial charge in [-0.2, -0.15) is 0 Å². The summed E-state index contributed by atoms with van der Waals surface area (Å²) in [5.41, 5.74) is 1.06. The van der Waals surface area contributed by atoms with Crippen LogP contribution in [0.25, 0.3) is 0 Å². The number of amides is 1. The molecule has 0 spiro atoms. The highest BCUT2D eigenvalue weighted by Crippen LogP contribution is 2.21. The molecule has 0 saturated heterocycles. The molecule has 3 aromatic rings. The van der Waals surface area contributed by atoms with Gasteiger partial charge >= 0.3 is 0 Å². The molecular weight excluding hydrogens is 402 g/mol. The van der Waals surface area contributed by atoms with Gasteiger partial charge in [0.05, 0.1) is 12.1 Å². The Hall–Kier alpha value is -2.63. The molecule has 0 radical (unpaired) electrons. The van der Waals surface area contributed by atoms with Crippen molar-refractivity contribution in [2.45, 2.75) is 13.1 Å². The molecular formula is C21H17Cl2FN2O2. The highest BCUT2D eigenvalue weighted by Gasteiger charge is 2.17. The Balaban J connectivity index is 1.84. The van der Waals surface area contributed by atoms with E-state index in [0.717, 1.165) is 5.56 Å². The van der Waals surface area contributed by atoms with E-state index >= 15 is 0 Å². The lowest BCUT2D eigenvalue weighted by atomic mass is 10.1. The molecule has 2 aromatic carbocycles. The first-order chi connectivity index (χ1) is 13.4. The maximum absolute atomic E-state index is 14.0. The molecule has 7 heteroatoms. The lowest BCUT2D eigenvalue weighted by Crippen LogP contribution is -2.29. The third-order valence-electron chi connectivity index (χ3n) is 4.33. The van der Waals surface area contributed by atoms with Crippen molar-refractivity contribution in [3.63, 3.8) is 0 Å². The van der Waals surface area contributed by atoms with Crippen LogP contribution in [0.15, 0.2) is 65.6 Å². The Kier molecular flexibility index (Phi) is 6.17. The lowest BCUT2D eigenvalue weighted by molar-refractivity contribution is 0.0783. The fourth-order valence-corrected chi connectivity index (χ4v) is 3.22. The quantitative estimate of drug-likeness (QED) is 0.606. The summed E-state index contributed by atoms with van der Waals surface area (Å²) < 4.78 is 15.4. The Labute approximate surface area is 171 Å². The third-order valence-corrected chi connectivity index (χ3v) is 5.06. The number of carbonyl (C=O) groups is 1. The van der Waals surface area contributed by atoms with E-state index in [4.69, 9.17) is 23.2 Å². The normalized spacial score (nSPS) is 10.7. The molecule has 1 amide bonds. The Morgan fingerprint density at radius 2 is 1.75 bits per heavy atom. The van der Waals surface area contributed by atoms with Crippen LogP contribution >= 0.6 is 23.2 Å². The van der Waals surface area contributed by atoms with Crippen molar-refractivity contribution < 1.29 is 9.18 Å². The summed E-state index contributed by atoms with van der Waals surface area (Å²) in [4.78, 5) is 26.3. The van der Waals surface area contributed by atoms with Gasteiger partial charge in [0.1, 0.15) is 5.82 Å². The fourth-order valence-electron chi connectivity index (χ4n) is 2.80. The van der Waals surface area contributed by atoms with Crippen LogP contribution in [0.1, 0.15) is 21.5 Å². The van der Waals surface area contributed by atoms with Crippen LogP contribution in [0.4, 0.5) is 4.39 Å². The van der Waals surface area contributed by atoms with Crippen molar-refractivity contribution >= 4 is 29.1 Å². The number of hydrogen-bond acceptors (Lipinski definition) is 2. The highest BCUT2D eigenvalue weighted by molar-refractivity contribution is 6.31. The summed E-state index contributed by atoms with van der Waals surface area (Å²) in [6.07, 6.45) is 1.48. The number of nitrogens with zero attached hydrogens (tertiary/aromatic N) is 2. The van der Waals surface area contributed by atoms with E-state index < -0.39 is 5.82 Å². The van der Waals surface area contributed by atoms with E-state index in [1.807, 2.05) is 12.1 Å². The van der Waals surface area contributed by atoms with E-state index in [0.29, 0.717) is 10.6 Å². The predicted molar refractivity (Wildman–Crippen MR) is 108 cm³/mol. The average molecular weight is 419 g/mol. The largest absolute Gasteiger partial charge is 0.337 e. The molecule has 1 aromatic heterocycles. The van der Waals surface area contributed by atoms with Gasteiger partial charge < -0.3 is 9.47 Å². The Bertz CT molecular complexity index is 1060. The number of benzene rings is 2. The molecule has 0 N–H and O–H groups in total. The number of hydrogen-bond donors (Lipinski definition) is 0. The Morgan fingerprint density at radius 1 is 1.04 bits per heavy atom. The molecule has 1 heterocycles. The minimum Gasteiger partial charge on any atom is -0.337 e. The van der Waals surface area contributed by atoms with Crippen LogP contribution in [0, 0.1) is 5.82 Å². The second kappa shape index (κ2) is 8.59. The molecule has 4 nitrogen and oxygen atoms in total. The van der Waals surface area contributed by atoms with Gasteiger partial charge in [-0.1, -0.05) is 47.5 Å². The van der Waals surface area contributed by atoms with Gasteiger partial charge in [-0.05, 0) is 29.8 Å². The molecule has 0 saturated carbocycles. The zero-order chi connectivity index (χ0) is 20.3. The van der Waals surface area contributed by atoms with Crippen LogP contribution in [-0.4, -0.2) is 22.4 Å². The van der Waals surface area contributed by atoms with Gasteiger partial charge in [0.2, 0.25) is 0 Å². The van der Waals surface area contributed by atoms with Crippen molar-refractivity contribution in [1.82, 2.24) is 9.47 Å². The molecule has 0 bridgehead atoms. The van der Waals surface area contributed by atoms with Gasteiger partial charge in [0, 0.05) is 41.5 Å². The topological polar surface area (TPSA) is 42.3 Å². The summed E-state index contributed by atoms with van der Waals surface area (Å²) >= 11 is 12.2. The van der Waals surface area contributed by atoms with Crippen molar-refractivity contribution in [2.24, 2.45) is 0 Å². The predicted octanol–water partition coefficient (Wildman–Crippen LogP) is 4.61. The van der Waals surface area contributed by atoms with Crippen molar-refractivity contribution in [3.05, 3.63) is 104 Å².